The zero-order valence-electron chi connectivity index (χ0n) is 13.7. The molecule has 1 aliphatic heterocycles. The third-order valence-corrected chi connectivity index (χ3v) is 5.45. The minimum atomic E-state index is -0.771. The van der Waals surface area contributed by atoms with Crippen LogP contribution in [-0.4, -0.2) is 45.1 Å². The predicted molar refractivity (Wildman–Crippen MR) is 84.3 cm³/mol. The van der Waals surface area contributed by atoms with Gasteiger partial charge in [0, 0.05) is 25.9 Å². The van der Waals surface area contributed by atoms with Gasteiger partial charge in [-0.1, -0.05) is 11.6 Å². The third-order valence-electron chi connectivity index (χ3n) is 5.45. The number of hydrogen-bond donors (Lipinski definition) is 1. The van der Waals surface area contributed by atoms with Crippen LogP contribution < -0.4 is 0 Å². The number of carboxylic acids is 1. The fourth-order valence-electron chi connectivity index (χ4n) is 4.07. The molecular formula is C17H19N3O5. The maximum absolute atomic E-state index is 12.5. The van der Waals surface area contributed by atoms with Crippen LogP contribution in [0.15, 0.2) is 27.5 Å². The first kappa shape index (κ1) is 15.9. The largest absolute Gasteiger partial charge is 0.481 e. The molecule has 8 heteroatoms. The lowest BCUT2D eigenvalue weighted by atomic mass is 9.81. The highest BCUT2D eigenvalue weighted by Crippen LogP contribution is 2.48. The van der Waals surface area contributed by atoms with Gasteiger partial charge in [0.25, 0.3) is 0 Å². The molecule has 1 saturated carbocycles. The van der Waals surface area contributed by atoms with Crippen molar-refractivity contribution in [2.24, 2.45) is 11.3 Å². The number of hydrogen-bond acceptors (Lipinski definition) is 6. The van der Waals surface area contributed by atoms with Crippen LogP contribution in [0.4, 0.5) is 0 Å². The van der Waals surface area contributed by atoms with Gasteiger partial charge in [0.15, 0.2) is 0 Å². The molecule has 25 heavy (non-hydrogen) atoms. The van der Waals surface area contributed by atoms with Crippen LogP contribution in [0.5, 0.6) is 0 Å². The Hall–Kier alpha value is -2.64. The molecule has 3 heterocycles. The highest BCUT2D eigenvalue weighted by atomic mass is 16.5. The molecule has 1 saturated heterocycles. The molecular weight excluding hydrogens is 326 g/mol. The van der Waals surface area contributed by atoms with Gasteiger partial charge in [-0.15, -0.1) is 0 Å². The molecule has 1 amide bonds. The number of amides is 1. The van der Waals surface area contributed by atoms with Crippen molar-refractivity contribution in [2.75, 3.05) is 13.1 Å². The van der Waals surface area contributed by atoms with E-state index < -0.39 is 11.4 Å². The summed E-state index contributed by atoms with van der Waals surface area (Å²) in [7, 11) is 0. The minimum Gasteiger partial charge on any atom is -0.481 e. The number of fused-ring (bicyclic) bond motifs is 1. The van der Waals surface area contributed by atoms with Crippen molar-refractivity contribution in [3.63, 3.8) is 0 Å². The van der Waals surface area contributed by atoms with Crippen molar-refractivity contribution >= 4 is 11.9 Å². The topological polar surface area (TPSA) is 110 Å². The smallest absolute Gasteiger partial charge is 0.311 e. The van der Waals surface area contributed by atoms with Gasteiger partial charge >= 0.3 is 5.97 Å². The number of likely N-dealkylation sites (tertiary alicyclic amines) is 1. The first-order chi connectivity index (χ1) is 12.1. The van der Waals surface area contributed by atoms with Gasteiger partial charge in [0.2, 0.25) is 17.6 Å². The number of carboxylic acid groups (broad SMARTS) is 1. The van der Waals surface area contributed by atoms with Gasteiger partial charge in [-0.3, -0.25) is 9.59 Å². The standard InChI is InChI=1S/C17H19N3O5/c21-14(20-8-12-2-1-6-17(12,10-20)16(22)23)4-3-13-18-15(19-25-13)11-5-7-24-9-11/h5,7,9,12H,1-4,6,8,10H2,(H,22,23)/t12-,17+/m0/s1. The minimum absolute atomic E-state index is 0.0573. The number of aryl methyl sites for hydroxylation is 1. The van der Waals surface area contributed by atoms with E-state index in [9.17, 15) is 14.7 Å². The molecule has 8 nitrogen and oxygen atoms in total. The van der Waals surface area contributed by atoms with E-state index in [0.29, 0.717) is 37.6 Å². The summed E-state index contributed by atoms with van der Waals surface area (Å²) in [5.74, 6) is 0.0590. The molecule has 1 aliphatic carbocycles. The number of rotatable bonds is 5. The summed E-state index contributed by atoms with van der Waals surface area (Å²) >= 11 is 0. The molecule has 2 fully saturated rings. The monoisotopic (exact) mass is 345 g/mol. The second-order valence-electron chi connectivity index (χ2n) is 6.85. The van der Waals surface area contributed by atoms with Gasteiger partial charge in [0.05, 0.1) is 17.2 Å². The highest BCUT2D eigenvalue weighted by molar-refractivity contribution is 5.81. The van der Waals surface area contributed by atoms with Crippen molar-refractivity contribution in [1.82, 2.24) is 15.0 Å². The van der Waals surface area contributed by atoms with E-state index in [4.69, 9.17) is 8.94 Å². The van der Waals surface area contributed by atoms with Crippen molar-refractivity contribution in [3.05, 3.63) is 24.5 Å². The summed E-state index contributed by atoms with van der Waals surface area (Å²) in [6.07, 6.45) is 6.09. The molecule has 2 atom stereocenters. The van der Waals surface area contributed by atoms with E-state index in [0.717, 1.165) is 18.4 Å². The van der Waals surface area contributed by atoms with Crippen LogP contribution in [0.3, 0.4) is 0 Å². The number of aromatic nitrogens is 2. The molecule has 0 aromatic carbocycles. The molecule has 0 radical (unpaired) electrons. The summed E-state index contributed by atoms with van der Waals surface area (Å²) < 4.78 is 10.1. The number of carbonyl (C=O) groups is 2. The van der Waals surface area contributed by atoms with Gasteiger partial charge in [-0.25, -0.2) is 0 Å². The highest BCUT2D eigenvalue weighted by Gasteiger charge is 2.55. The predicted octanol–water partition coefficient (Wildman–Crippen LogP) is 1.98. The molecule has 0 spiro atoms. The van der Waals surface area contributed by atoms with Gasteiger partial charge in [-0.2, -0.15) is 4.98 Å². The van der Waals surface area contributed by atoms with E-state index in [2.05, 4.69) is 10.1 Å². The first-order valence-electron chi connectivity index (χ1n) is 8.45. The van der Waals surface area contributed by atoms with Crippen LogP contribution in [0, 0.1) is 11.3 Å². The SMILES string of the molecule is O=C(CCc1nc(-c2ccoc2)no1)N1C[C@@H]2CCC[C@@]2(C(=O)O)C1. The van der Waals surface area contributed by atoms with E-state index in [1.807, 2.05) is 0 Å². The summed E-state index contributed by atoms with van der Waals surface area (Å²) in [5.41, 5.74) is -0.0219. The second-order valence-corrected chi connectivity index (χ2v) is 6.85. The third kappa shape index (κ3) is 2.71. The van der Waals surface area contributed by atoms with Crippen molar-refractivity contribution < 1.29 is 23.6 Å². The average molecular weight is 345 g/mol. The van der Waals surface area contributed by atoms with E-state index >= 15 is 0 Å². The zero-order valence-corrected chi connectivity index (χ0v) is 13.7. The van der Waals surface area contributed by atoms with Crippen molar-refractivity contribution in [3.8, 4) is 11.4 Å². The Morgan fingerprint density at radius 2 is 2.32 bits per heavy atom. The molecule has 0 bridgehead atoms. The molecule has 2 aromatic rings. The summed E-state index contributed by atoms with van der Waals surface area (Å²) in [6, 6.07) is 1.73. The number of furan rings is 1. The lowest BCUT2D eigenvalue weighted by Crippen LogP contribution is -2.37. The molecule has 4 rings (SSSR count). The van der Waals surface area contributed by atoms with Crippen LogP contribution in [0.1, 0.15) is 31.6 Å². The Balaban J connectivity index is 1.36. The molecule has 2 aliphatic rings. The van der Waals surface area contributed by atoms with Crippen molar-refractivity contribution in [2.45, 2.75) is 32.1 Å². The van der Waals surface area contributed by atoms with Gasteiger partial charge < -0.3 is 18.9 Å². The van der Waals surface area contributed by atoms with Gasteiger partial charge in [0.1, 0.15) is 6.26 Å². The first-order valence-corrected chi connectivity index (χ1v) is 8.45. The average Bonchev–Trinajstić information content (AvgIpc) is 3.34. The molecule has 132 valence electrons. The molecule has 1 N–H and O–H groups in total. The number of aliphatic carboxylic acids is 1. The second kappa shape index (κ2) is 6.02. The fraction of sp³-hybridized carbons (Fsp3) is 0.529. The van der Waals surface area contributed by atoms with E-state index in [1.54, 1.807) is 11.0 Å². The Morgan fingerprint density at radius 3 is 3.04 bits per heavy atom. The normalized spacial score (nSPS) is 25.3. The Kier molecular flexibility index (Phi) is 3.82. The van der Waals surface area contributed by atoms with Crippen LogP contribution in [0.2, 0.25) is 0 Å². The number of nitrogens with zero attached hydrogens (tertiary/aromatic N) is 3. The Morgan fingerprint density at radius 1 is 1.44 bits per heavy atom. The lowest BCUT2D eigenvalue weighted by molar-refractivity contribution is -0.149. The fourth-order valence-corrected chi connectivity index (χ4v) is 4.07. The van der Waals surface area contributed by atoms with Crippen LogP contribution >= 0.6 is 0 Å². The van der Waals surface area contributed by atoms with E-state index in [1.165, 1.54) is 12.5 Å². The molecule has 2 aromatic heterocycles. The van der Waals surface area contributed by atoms with E-state index in [-0.39, 0.29) is 18.2 Å². The van der Waals surface area contributed by atoms with Crippen molar-refractivity contribution in [1.29, 1.82) is 0 Å². The zero-order chi connectivity index (χ0) is 17.4. The summed E-state index contributed by atoms with van der Waals surface area (Å²) in [6.45, 7) is 0.852. The number of carbonyl (C=O) groups excluding carboxylic acids is 1. The Labute approximate surface area is 143 Å². The summed E-state index contributed by atoms with van der Waals surface area (Å²) in [4.78, 5) is 30.1. The lowest BCUT2D eigenvalue weighted by Gasteiger charge is -2.23. The maximum Gasteiger partial charge on any atom is 0.311 e. The summed E-state index contributed by atoms with van der Waals surface area (Å²) in [5, 5.41) is 13.5. The van der Waals surface area contributed by atoms with Gasteiger partial charge in [-0.05, 0) is 24.8 Å². The van der Waals surface area contributed by atoms with Crippen LogP contribution in [0.25, 0.3) is 11.4 Å². The molecule has 0 unspecified atom stereocenters. The maximum atomic E-state index is 12.5. The Bertz CT molecular complexity index is 784. The quantitative estimate of drug-likeness (QED) is 0.882. The van der Waals surface area contributed by atoms with Crippen LogP contribution in [-0.2, 0) is 16.0 Å².